The summed E-state index contributed by atoms with van der Waals surface area (Å²) in [6, 6.07) is 5.73. The molecule has 1 heterocycles. The molecule has 3 rings (SSSR count). The molecule has 3 heteroatoms. The molecule has 2 atom stereocenters. The minimum atomic E-state index is -0.238. The van der Waals surface area contributed by atoms with Gasteiger partial charge in [-0.3, -0.25) is 4.79 Å². The number of Topliss-reactive ketones (excluding diaryl/α,β-unsaturated/α-hetero) is 1. The van der Waals surface area contributed by atoms with Gasteiger partial charge in [-0.2, -0.15) is 0 Å². The van der Waals surface area contributed by atoms with E-state index in [0.29, 0.717) is 12.3 Å². The first-order valence-electron chi connectivity index (χ1n) is 7.16. The van der Waals surface area contributed by atoms with Gasteiger partial charge in [0.05, 0.1) is 12.0 Å². The zero-order valence-corrected chi connectivity index (χ0v) is 12.8. The highest BCUT2D eigenvalue weighted by Crippen LogP contribution is 2.46. The fraction of sp³-hybridized carbons (Fsp3) is 0.562. The van der Waals surface area contributed by atoms with Gasteiger partial charge in [0.25, 0.3) is 0 Å². The van der Waals surface area contributed by atoms with Crippen LogP contribution < -0.4 is 4.74 Å². The number of rotatable bonds is 1. The van der Waals surface area contributed by atoms with Crippen LogP contribution in [0.3, 0.4) is 0 Å². The number of halogens is 1. The third-order valence-corrected chi connectivity index (χ3v) is 5.15. The van der Waals surface area contributed by atoms with Crippen LogP contribution in [-0.2, 0) is 0 Å². The topological polar surface area (TPSA) is 26.3 Å². The molecule has 2 nitrogen and oxygen atoms in total. The lowest BCUT2D eigenvalue weighted by Gasteiger charge is -2.46. The molecule has 1 spiro atoms. The van der Waals surface area contributed by atoms with Gasteiger partial charge >= 0.3 is 0 Å². The summed E-state index contributed by atoms with van der Waals surface area (Å²) in [6.07, 6.45) is 6.29. The van der Waals surface area contributed by atoms with Gasteiger partial charge in [-0.05, 0) is 49.8 Å². The van der Waals surface area contributed by atoms with Gasteiger partial charge < -0.3 is 4.74 Å². The zero-order chi connectivity index (χ0) is 13.5. The normalized spacial score (nSPS) is 30.0. The third kappa shape index (κ3) is 2.22. The standard InChI is InChI=1S/C16H19BrO2/c1-2-11-5-3-4-8-16(11)10-14(18)13-7-6-12(17)9-15(13)19-16/h6-7,9,11H,2-5,8,10H2,1H3. The number of hydrogen-bond acceptors (Lipinski definition) is 2. The van der Waals surface area contributed by atoms with Crippen LogP contribution >= 0.6 is 15.9 Å². The van der Waals surface area contributed by atoms with Crippen LogP contribution in [0.1, 0.15) is 55.8 Å². The first-order chi connectivity index (χ1) is 9.14. The monoisotopic (exact) mass is 322 g/mol. The van der Waals surface area contributed by atoms with E-state index in [1.165, 1.54) is 19.3 Å². The highest BCUT2D eigenvalue weighted by atomic mass is 79.9. The Kier molecular flexibility index (Phi) is 3.42. The minimum absolute atomic E-state index is 0.238. The SMILES string of the molecule is CCC1CCCCC12CC(=O)c1ccc(Br)cc1O2. The molecular formula is C16H19BrO2. The summed E-state index contributed by atoms with van der Waals surface area (Å²) in [6.45, 7) is 2.21. The van der Waals surface area contributed by atoms with Gasteiger partial charge in [0, 0.05) is 4.47 Å². The summed E-state index contributed by atoms with van der Waals surface area (Å²) in [5, 5.41) is 0. The van der Waals surface area contributed by atoms with Crippen molar-refractivity contribution in [1.82, 2.24) is 0 Å². The maximum absolute atomic E-state index is 12.4. The second-order valence-corrected chi connectivity index (χ2v) is 6.67. The smallest absolute Gasteiger partial charge is 0.170 e. The Hall–Kier alpha value is -0.830. The Morgan fingerprint density at radius 3 is 3.05 bits per heavy atom. The maximum Gasteiger partial charge on any atom is 0.170 e. The molecule has 1 aromatic rings. The van der Waals surface area contributed by atoms with Gasteiger partial charge in [-0.1, -0.05) is 29.3 Å². The highest BCUT2D eigenvalue weighted by molar-refractivity contribution is 9.10. The van der Waals surface area contributed by atoms with Crippen LogP contribution in [0.4, 0.5) is 0 Å². The van der Waals surface area contributed by atoms with E-state index in [4.69, 9.17) is 4.74 Å². The molecule has 2 aliphatic rings. The van der Waals surface area contributed by atoms with E-state index in [1.807, 2.05) is 18.2 Å². The molecule has 1 aromatic carbocycles. The molecule has 2 unspecified atom stereocenters. The lowest BCUT2D eigenvalue weighted by atomic mass is 9.70. The van der Waals surface area contributed by atoms with E-state index >= 15 is 0 Å². The molecule has 0 radical (unpaired) electrons. The van der Waals surface area contributed by atoms with Gasteiger partial charge in [-0.25, -0.2) is 0 Å². The van der Waals surface area contributed by atoms with Crippen molar-refractivity contribution in [3.8, 4) is 5.75 Å². The average molecular weight is 323 g/mol. The molecule has 0 amide bonds. The van der Waals surface area contributed by atoms with Crippen molar-refractivity contribution >= 4 is 21.7 Å². The first kappa shape index (κ1) is 13.2. The second kappa shape index (κ2) is 4.93. The summed E-state index contributed by atoms with van der Waals surface area (Å²) < 4.78 is 7.34. The molecule has 1 fully saturated rings. The Morgan fingerprint density at radius 1 is 1.42 bits per heavy atom. The van der Waals surface area contributed by atoms with Crippen molar-refractivity contribution in [1.29, 1.82) is 0 Å². The van der Waals surface area contributed by atoms with E-state index < -0.39 is 0 Å². The summed E-state index contributed by atoms with van der Waals surface area (Å²) in [4.78, 5) is 12.4. The molecule has 1 aliphatic carbocycles. The summed E-state index contributed by atoms with van der Waals surface area (Å²) in [5.74, 6) is 1.53. The van der Waals surface area contributed by atoms with Crippen molar-refractivity contribution in [3.63, 3.8) is 0 Å². The third-order valence-electron chi connectivity index (χ3n) is 4.66. The first-order valence-corrected chi connectivity index (χ1v) is 7.96. The van der Waals surface area contributed by atoms with Gasteiger partial charge in [-0.15, -0.1) is 0 Å². The number of ketones is 1. The predicted molar refractivity (Wildman–Crippen MR) is 78.7 cm³/mol. The minimum Gasteiger partial charge on any atom is -0.486 e. The number of carbonyl (C=O) groups is 1. The fourth-order valence-electron chi connectivity index (χ4n) is 3.66. The van der Waals surface area contributed by atoms with Crippen molar-refractivity contribution in [3.05, 3.63) is 28.2 Å². The lowest BCUT2D eigenvalue weighted by Crippen LogP contribution is -2.49. The lowest BCUT2D eigenvalue weighted by molar-refractivity contribution is -0.0339. The van der Waals surface area contributed by atoms with Crippen molar-refractivity contribution in [2.45, 2.75) is 51.0 Å². The second-order valence-electron chi connectivity index (χ2n) is 5.76. The van der Waals surface area contributed by atoms with Crippen LogP contribution in [0.25, 0.3) is 0 Å². The number of ether oxygens (including phenoxy) is 1. The number of hydrogen-bond donors (Lipinski definition) is 0. The Morgan fingerprint density at radius 2 is 2.26 bits per heavy atom. The summed E-state index contributed by atoms with van der Waals surface area (Å²) in [5.41, 5.74) is 0.506. The maximum atomic E-state index is 12.4. The van der Waals surface area contributed by atoms with Crippen LogP contribution in [0.15, 0.2) is 22.7 Å². The molecule has 19 heavy (non-hydrogen) atoms. The van der Waals surface area contributed by atoms with E-state index in [-0.39, 0.29) is 11.4 Å². The van der Waals surface area contributed by atoms with Crippen LogP contribution in [-0.4, -0.2) is 11.4 Å². The summed E-state index contributed by atoms with van der Waals surface area (Å²) in [7, 11) is 0. The molecule has 0 N–H and O–H groups in total. The van der Waals surface area contributed by atoms with E-state index in [2.05, 4.69) is 22.9 Å². The van der Waals surface area contributed by atoms with Crippen molar-refractivity contribution < 1.29 is 9.53 Å². The Bertz CT molecular complexity index is 511. The van der Waals surface area contributed by atoms with Crippen LogP contribution in [0.2, 0.25) is 0 Å². The van der Waals surface area contributed by atoms with Crippen LogP contribution in [0, 0.1) is 5.92 Å². The molecule has 1 aliphatic heterocycles. The molecule has 0 saturated heterocycles. The average Bonchev–Trinajstić information content (AvgIpc) is 2.38. The van der Waals surface area contributed by atoms with E-state index in [1.54, 1.807) is 0 Å². The number of benzene rings is 1. The molecule has 102 valence electrons. The number of fused-ring (bicyclic) bond motifs is 1. The summed E-state index contributed by atoms with van der Waals surface area (Å²) >= 11 is 3.46. The Labute approximate surface area is 122 Å². The quantitative estimate of drug-likeness (QED) is 0.745. The zero-order valence-electron chi connectivity index (χ0n) is 11.2. The Balaban J connectivity index is 2.01. The highest BCUT2D eigenvalue weighted by Gasteiger charge is 2.46. The van der Waals surface area contributed by atoms with Crippen molar-refractivity contribution in [2.24, 2.45) is 5.92 Å². The van der Waals surface area contributed by atoms with Gasteiger partial charge in [0.1, 0.15) is 11.4 Å². The van der Waals surface area contributed by atoms with Crippen LogP contribution in [0.5, 0.6) is 5.75 Å². The van der Waals surface area contributed by atoms with Gasteiger partial charge in [0.2, 0.25) is 0 Å². The molecular weight excluding hydrogens is 304 g/mol. The largest absolute Gasteiger partial charge is 0.486 e. The molecule has 0 aromatic heterocycles. The van der Waals surface area contributed by atoms with E-state index in [9.17, 15) is 4.79 Å². The molecule has 0 bridgehead atoms. The van der Waals surface area contributed by atoms with E-state index in [0.717, 1.165) is 28.6 Å². The van der Waals surface area contributed by atoms with Crippen molar-refractivity contribution in [2.75, 3.05) is 0 Å². The predicted octanol–water partition coefficient (Wildman–Crippen LogP) is 4.75. The molecule has 1 saturated carbocycles. The number of carbonyl (C=O) groups excluding carboxylic acids is 1. The van der Waals surface area contributed by atoms with Gasteiger partial charge in [0.15, 0.2) is 5.78 Å². The fourth-order valence-corrected chi connectivity index (χ4v) is 4.00.